The minimum absolute atomic E-state index is 0.173. The number of benzene rings is 2. The summed E-state index contributed by atoms with van der Waals surface area (Å²) in [4.78, 5) is 12.5. The number of amides is 1. The van der Waals surface area contributed by atoms with Crippen LogP contribution in [0, 0.1) is 0 Å². The van der Waals surface area contributed by atoms with Gasteiger partial charge in [0, 0.05) is 31.3 Å². The summed E-state index contributed by atoms with van der Waals surface area (Å²) in [5, 5.41) is 11.0. The van der Waals surface area contributed by atoms with Gasteiger partial charge in [-0.15, -0.1) is 5.10 Å². The predicted molar refractivity (Wildman–Crippen MR) is 114 cm³/mol. The minimum Gasteiger partial charge on any atom is -0.497 e. The molecule has 1 heterocycles. The molecule has 0 saturated heterocycles. The molecule has 0 unspecified atom stereocenters. The van der Waals surface area contributed by atoms with Crippen molar-refractivity contribution in [2.24, 2.45) is 0 Å². The van der Waals surface area contributed by atoms with Crippen molar-refractivity contribution in [3.63, 3.8) is 0 Å². The van der Waals surface area contributed by atoms with Crippen molar-refractivity contribution < 1.29 is 17.9 Å². The van der Waals surface area contributed by atoms with E-state index in [2.05, 4.69) is 15.6 Å². The number of methoxy groups -OCH3 is 1. The first-order valence-corrected chi connectivity index (χ1v) is 11.1. The van der Waals surface area contributed by atoms with E-state index in [4.69, 9.17) is 4.74 Å². The van der Waals surface area contributed by atoms with Crippen LogP contribution < -0.4 is 10.1 Å². The quantitative estimate of drug-likeness (QED) is 0.558. The third kappa shape index (κ3) is 4.60. The zero-order chi connectivity index (χ0) is 21.7. The summed E-state index contributed by atoms with van der Waals surface area (Å²) in [5.41, 5.74) is 1.79. The van der Waals surface area contributed by atoms with Gasteiger partial charge in [0.1, 0.15) is 11.3 Å². The number of carbonyl (C=O) groups excluding carboxylic acids is 1. The Bertz CT molecular complexity index is 1140. The van der Waals surface area contributed by atoms with E-state index in [0.717, 1.165) is 0 Å². The molecule has 1 aromatic heterocycles. The molecular formula is C20H25N5O4S. The molecule has 3 rings (SSSR count). The number of rotatable bonds is 9. The number of ether oxygens (including phenoxy) is 1. The lowest BCUT2D eigenvalue weighted by molar-refractivity contribution is -0.116. The van der Waals surface area contributed by atoms with Crippen LogP contribution in [0.2, 0.25) is 0 Å². The van der Waals surface area contributed by atoms with Crippen molar-refractivity contribution in [2.75, 3.05) is 25.5 Å². The maximum atomic E-state index is 12.7. The zero-order valence-corrected chi connectivity index (χ0v) is 18.0. The molecule has 0 aliphatic carbocycles. The summed E-state index contributed by atoms with van der Waals surface area (Å²) in [6, 6.07) is 11.8. The molecule has 10 heteroatoms. The Morgan fingerprint density at radius 3 is 2.63 bits per heavy atom. The minimum atomic E-state index is -3.57. The van der Waals surface area contributed by atoms with Crippen molar-refractivity contribution in [1.29, 1.82) is 0 Å². The maximum Gasteiger partial charge on any atom is 0.243 e. The highest BCUT2D eigenvalue weighted by Crippen LogP contribution is 2.21. The molecule has 9 nitrogen and oxygen atoms in total. The highest BCUT2D eigenvalue weighted by molar-refractivity contribution is 7.89. The Kier molecular flexibility index (Phi) is 6.68. The number of carbonyl (C=O) groups is 1. The van der Waals surface area contributed by atoms with Crippen LogP contribution in [0.25, 0.3) is 11.0 Å². The van der Waals surface area contributed by atoms with Gasteiger partial charge in [-0.3, -0.25) is 4.79 Å². The predicted octanol–water partition coefficient (Wildman–Crippen LogP) is 2.50. The lowest BCUT2D eigenvalue weighted by atomic mass is 10.3. The van der Waals surface area contributed by atoms with Gasteiger partial charge in [-0.2, -0.15) is 4.31 Å². The van der Waals surface area contributed by atoms with Gasteiger partial charge < -0.3 is 10.1 Å². The fourth-order valence-corrected chi connectivity index (χ4v) is 4.60. The Labute approximate surface area is 175 Å². The topological polar surface area (TPSA) is 106 Å². The van der Waals surface area contributed by atoms with Gasteiger partial charge in [0.2, 0.25) is 15.9 Å². The fourth-order valence-electron chi connectivity index (χ4n) is 3.12. The van der Waals surface area contributed by atoms with E-state index in [1.165, 1.54) is 10.4 Å². The van der Waals surface area contributed by atoms with E-state index < -0.39 is 10.0 Å². The molecule has 160 valence electrons. The van der Waals surface area contributed by atoms with Gasteiger partial charge in [-0.1, -0.05) is 25.1 Å². The van der Waals surface area contributed by atoms with E-state index in [1.54, 1.807) is 62.0 Å². The van der Waals surface area contributed by atoms with Crippen LogP contribution in [0.3, 0.4) is 0 Å². The van der Waals surface area contributed by atoms with E-state index >= 15 is 0 Å². The SMILES string of the molecule is CCN(CC)S(=O)(=O)c1ccc2c(c1)nnn2CCC(=O)Nc1cccc(OC)c1. The molecule has 0 saturated carbocycles. The lowest BCUT2D eigenvalue weighted by Crippen LogP contribution is -2.30. The lowest BCUT2D eigenvalue weighted by Gasteiger charge is -2.18. The van der Waals surface area contributed by atoms with E-state index in [9.17, 15) is 13.2 Å². The molecule has 0 bridgehead atoms. The number of aromatic nitrogens is 3. The maximum absolute atomic E-state index is 12.7. The van der Waals surface area contributed by atoms with Gasteiger partial charge in [0.05, 0.1) is 24.1 Å². The first kappa shape index (κ1) is 21.7. The molecule has 0 aliphatic heterocycles. The second kappa shape index (κ2) is 9.23. The molecule has 0 atom stereocenters. The Hall–Kier alpha value is -2.98. The summed E-state index contributed by atoms with van der Waals surface area (Å²) in [7, 11) is -2.00. The second-order valence-corrected chi connectivity index (χ2v) is 8.52. The fraction of sp³-hybridized carbons (Fsp3) is 0.350. The molecule has 0 spiro atoms. The average Bonchev–Trinajstić information content (AvgIpc) is 3.15. The summed E-state index contributed by atoms with van der Waals surface area (Å²) >= 11 is 0. The number of hydrogen-bond acceptors (Lipinski definition) is 6. The average molecular weight is 432 g/mol. The normalized spacial score (nSPS) is 11.7. The monoisotopic (exact) mass is 431 g/mol. The van der Waals surface area contributed by atoms with Crippen LogP contribution in [0.15, 0.2) is 47.4 Å². The van der Waals surface area contributed by atoms with Gasteiger partial charge >= 0.3 is 0 Å². The molecule has 1 amide bonds. The van der Waals surface area contributed by atoms with Crippen molar-refractivity contribution in [3.05, 3.63) is 42.5 Å². The van der Waals surface area contributed by atoms with Crippen molar-refractivity contribution in [2.45, 2.75) is 31.7 Å². The van der Waals surface area contributed by atoms with Crippen LogP contribution in [-0.4, -0.2) is 53.8 Å². The van der Waals surface area contributed by atoms with Gasteiger partial charge in [0.25, 0.3) is 0 Å². The third-order valence-corrected chi connectivity index (χ3v) is 6.78. The number of hydrogen-bond donors (Lipinski definition) is 1. The van der Waals surface area contributed by atoms with E-state index in [1.807, 2.05) is 0 Å². The molecular weight excluding hydrogens is 406 g/mol. The number of nitrogens with zero attached hydrogens (tertiary/aromatic N) is 4. The van der Waals surface area contributed by atoms with Crippen molar-refractivity contribution >= 4 is 32.7 Å². The van der Waals surface area contributed by atoms with Gasteiger partial charge in [-0.05, 0) is 30.3 Å². The van der Waals surface area contributed by atoms with Gasteiger partial charge in [0.15, 0.2) is 0 Å². The summed E-state index contributed by atoms with van der Waals surface area (Å²) in [5.74, 6) is 0.484. The highest BCUT2D eigenvalue weighted by Gasteiger charge is 2.22. The second-order valence-electron chi connectivity index (χ2n) is 6.58. The number of nitrogens with one attached hydrogen (secondary N) is 1. The van der Waals surface area contributed by atoms with Crippen LogP contribution in [0.5, 0.6) is 5.75 Å². The summed E-state index contributed by atoms with van der Waals surface area (Å²) in [6.07, 6.45) is 0.190. The first-order valence-electron chi connectivity index (χ1n) is 9.66. The zero-order valence-electron chi connectivity index (χ0n) is 17.2. The number of sulfonamides is 1. The van der Waals surface area contributed by atoms with E-state index in [0.29, 0.717) is 42.1 Å². The Balaban J connectivity index is 1.71. The first-order chi connectivity index (χ1) is 14.4. The van der Waals surface area contributed by atoms with Gasteiger partial charge in [-0.25, -0.2) is 13.1 Å². The summed E-state index contributed by atoms with van der Waals surface area (Å²) < 4.78 is 33.5. The standard InChI is InChI=1S/C20H25N5O4S/c1-4-24(5-2)30(27,28)17-9-10-19-18(14-17)22-23-25(19)12-11-20(26)21-15-7-6-8-16(13-15)29-3/h6-10,13-14H,4-5,11-12H2,1-3H3,(H,21,26). The molecule has 2 aromatic carbocycles. The summed E-state index contributed by atoms with van der Waals surface area (Å²) in [6.45, 7) is 4.70. The highest BCUT2D eigenvalue weighted by atomic mass is 32.2. The molecule has 30 heavy (non-hydrogen) atoms. The number of aryl methyl sites for hydroxylation is 1. The smallest absolute Gasteiger partial charge is 0.243 e. The molecule has 0 radical (unpaired) electrons. The van der Waals surface area contributed by atoms with E-state index in [-0.39, 0.29) is 17.2 Å². The van der Waals surface area contributed by atoms with Crippen LogP contribution in [0.4, 0.5) is 5.69 Å². The van der Waals surface area contributed by atoms with Crippen LogP contribution in [-0.2, 0) is 21.4 Å². The molecule has 1 N–H and O–H groups in total. The van der Waals surface area contributed by atoms with Crippen LogP contribution >= 0.6 is 0 Å². The third-order valence-electron chi connectivity index (χ3n) is 4.73. The van der Waals surface area contributed by atoms with Crippen LogP contribution in [0.1, 0.15) is 20.3 Å². The van der Waals surface area contributed by atoms with Crippen molar-refractivity contribution in [1.82, 2.24) is 19.3 Å². The Morgan fingerprint density at radius 1 is 1.17 bits per heavy atom. The number of anilines is 1. The molecule has 3 aromatic rings. The molecule has 0 fully saturated rings. The molecule has 0 aliphatic rings. The number of fused-ring (bicyclic) bond motifs is 1. The largest absolute Gasteiger partial charge is 0.497 e. The Morgan fingerprint density at radius 2 is 1.93 bits per heavy atom. The van der Waals surface area contributed by atoms with Crippen molar-refractivity contribution in [3.8, 4) is 5.75 Å².